The molecule has 0 fully saturated rings. The fraction of sp³-hybridized carbons (Fsp3) is 0.0741. The summed E-state index contributed by atoms with van der Waals surface area (Å²) in [5.74, 6) is 0.0546. The number of carbonyl (C=O) groups is 1. The van der Waals surface area contributed by atoms with Crippen LogP contribution in [-0.2, 0) is 11.2 Å². The molecule has 1 heterocycles. The molecular weight excluding hydrogens is 442 g/mol. The lowest BCUT2D eigenvalue weighted by atomic mass is 9.99. The van der Waals surface area contributed by atoms with Gasteiger partial charge in [0, 0.05) is 18.1 Å². The van der Waals surface area contributed by atoms with Gasteiger partial charge in [-0.1, -0.05) is 42.5 Å². The fourth-order valence-corrected chi connectivity index (χ4v) is 4.12. The largest absolute Gasteiger partial charge is 0.507 e. The van der Waals surface area contributed by atoms with E-state index < -0.39 is 12.0 Å². The minimum Gasteiger partial charge on any atom is -0.507 e. The van der Waals surface area contributed by atoms with Crippen molar-refractivity contribution in [3.8, 4) is 22.9 Å². The number of nitrogens with two attached hydrogens (primary N) is 2. The molecule has 0 aliphatic heterocycles. The van der Waals surface area contributed by atoms with E-state index in [0.717, 1.165) is 16.3 Å². The molecule has 0 radical (unpaired) electrons. The molecule has 0 spiro atoms. The quantitative estimate of drug-likeness (QED) is 0.183. The number of amides is 1. The molecule has 1 atom stereocenters. The fourth-order valence-electron chi connectivity index (χ4n) is 4.12. The van der Waals surface area contributed by atoms with Crippen LogP contribution < -0.4 is 16.2 Å². The van der Waals surface area contributed by atoms with E-state index in [1.165, 1.54) is 6.07 Å². The first-order valence-corrected chi connectivity index (χ1v) is 11.0. The van der Waals surface area contributed by atoms with Crippen molar-refractivity contribution in [1.29, 1.82) is 5.41 Å². The van der Waals surface area contributed by atoms with E-state index in [9.17, 15) is 9.90 Å². The number of nitrogens with one attached hydrogen (secondary N) is 2. The van der Waals surface area contributed by atoms with Crippen molar-refractivity contribution >= 4 is 33.5 Å². The molecule has 5 aromatic rings. The summed E-state index contributed by atoms with van der Waals surface area (Å²) < 4.78 is 5.90. The summed E-state index contributed by atoms with van der Waals surface area (Å²) >= 11 is 0. The number of hydrogen-bond acceptors (Lipinski definition) is 5. The van der Waals surface area contributed by atoms with Gasteiger partial charge >= 0.3 is 0 Å². The van der Waals surface area contributed by atoms with Gasteiger partial charge in [-0.3, -0.25) is 10.2 Å². The number of nitrogen functional groups attached to an aromatic ring is 1. The van der Waals surface area contributed by atoms with Crippen LogP contribution in [0.25, 0.3) is 33.2 Å². The standard InChI is InChI=1S/C27H23N5O3/c28-25(29)17-8-11-21-22(12-17)32-27(31-21)20-10-9-18(14-23(20)33)35-24(26(30)34)13-16-6-3-5-15-4-1-2-7-19(15)16/h1-12,14,24,33H,13H2,(H3,28,29)(H2,30,34)(H,31,32). The summed E-state index contributed by atoms with van der Waals surface area (Å²) in [5, 5.41) is 20.4. The summed E-state index contributed by atoms with van der Waals surface area (Å²) in [6, 6.07) is 23.7. The lowest BCUT2D eigenvalue weighted by Gasteiger charge is -2.18. The van der Waals surface area contributed by atoms with Gasteiger partial charge in [0.2, 0.25) is 0 Å². The highest BCUT2D eigenvalue weighted by Gasteiger charge is 2.20. The molecule has 0 bridgehead atoms. The van der Waals surface area contributed by atoms with Gasteiger partial charge in [-0.2, -0.15) is 0 Å². The number of rotatable bonds is 7. The number of amidine groups is 1. The van der Waals surface area contributed by atoms with E-state index in [2.05, 4.69) is 9.97 Å². The van der Waals surface area contributed by atoms with Crippen LogP contribution in [0, 0.1) is 5.41 Å². The number of H-pyrrole nitrogens is 1. The first kappa shape index (κ1) is 22.0. The summed E-state index contributed by atoms with van der Waals surface area (Å²) in [5.41, 5.74) is 14.6. The molecular formula is C27H23N5O3. The molecule has 0 aliphatic rings. The number of imidazole rings is 1. The van der Waals surface area contributed by atoms with Gasteiger partial charge in [0.1, 0.15) is 23.2 Å². The Morgan fingerprint density at radius 1 is 1.03 bits per heavy atom. The molecule has 174 valence electrons. The highest BCUT2D eigenvalue weighted by atomic mass is 16.5. The van der Waals surface area contributed by atoms with Crippen molar-refractivity contribution in [3.05, 3.63) is 90.0 Å². The second kappa shape index (κ2) is 8.83. The van der Waals surface area contributed by atoms with E-state index in [1.807, 2.05) is 42.5 Å². The molecule has 0 saturated carbocycles. The summed E-state index contributed by atoms with van der Waals surface area (Å²) in [7, 11) is 0. The molecule has 8 heteroatoms. The van der Waals surface area contributed by atoms with Gasteiger partial charge in [-0.05, 0) is 46.7 Å². The van der Waals surface area contributed by atoms with Crippen molar-refractivity contribution in [2.24, 2.45) is 11.5 Å². The van der Waals surface area contributed by atoms with Crippen molar-refractivity contribution in [2.45, 2.75) is 12.5 Å². The number of aromatic amines is 1. The van der Waals surface area contributed by atoms with E-state index in [1.54, 1.807) is 30.3 Å². The van der Waals surface area contributed by atoms with Crippen molar-refractivity contribution in [2.75, 3.05) is 0 Å². The SMILES string of the molecule is N=C(N)c1ccc2nc(-c3ccc(OC(Cc4cccc5ccccc45)C(N)=O)cc3O)[nH]c2c1. The maximum absolute atomic E-state index is 12.2. The van der Waals surface area contributed by atoms with Gasteiger partial charge in [-0.15, -0.1) is 0 Å². The van der Waals surface area contributed by atoms with Crippen molar-refractivity contribution in [1.82, 2.24) is 9.97 Å². The number of primary amides is 1. The summed E-state index contributed by atoms with van der Waals surface area (Å²) in [6.07, 6.45) is -0.622. The van der Waals surface area contributed by atoms with Crippen LogP contribution in [-0.4, -0.2) is 32.9 Å². The predicted molar refractivity (Wildman–Crippen MR) is 135 cm³/mol. The van der Waals surface area contributed by atoms with E-state index >= 15 is 0 Å². The Kier molecular flexibility index (Phi) is 5.54. The molecule has 4 aromatic carbocycles. The Morgan fingerprint density at radius 2 is 1.83 bits per heavy atom. The van der Waals surface area contributed by atoms with E-state index in [4.69, 9.17) is 21.6 Å². The number of phenolic OH excluding ortho intramolecular Hbond substituents is 1. The topological polar surface area (TPSA) is 151 Å². The van der Waals surface area contributed by atoms with Gasteiger partial charge < -0.3 is 26.3 Å². The number of carbonyl (C=O) groups excluding carboxylic acids is 1. The second-order valence-corrected chi connectivity index (χ2v) is 8.26. The molecule has 7 N–H and O–H groups in total. The third-order valence-electron chi connectivity index (χ3n) is 5.90. The molecule has 1 aromatic heterocycles. The van der Waals surface area contributed by atoms with Gasteiger partial charge in [-0.25, -0.2) is 4.98 Å². The molecule has 0 aliphatic carbocycles. The normalized spacial score (nSPS) is 12.0. The third kappa shape index (κ3) is 4.37. The van der Waals surface area contributed by atoms with Crippen LogP contribution in [0.1, 0.15) is 11.1 Å². The molecule has 0 saturated heterocycles. The molecule has 1 unspecified atom stereocenters. The highest BCUT2D eigenvalue weighted by Crippen LogP contribution is 2.33. The number of benzene rings is 4. The number of phenols is 1. The van der Waals surface area contributed by atoms with Crippen LogP contribution in [0.2, 0.25) is 0 Å². The molecule has 5 rings (SSSR count). The van der Waals surface area contributed by atoms with Crippen LogP contribution in [0.5, 0.6) is 11.5 Å². The Bertz CT molecular complexity index is 1590. The lowest BCUT2D eigenvalue weighted by molar-refractivity contribution is -0.124. The Hall–Kier alpha value is -4.85. The average Bonchev–Trinajstić information content (AvgIpc) is 3.27. The molecule has 8 nitrogen and oxygen atoms in total. The number of aromatic hydroxyl groups is 1. The number of aromatic nitrogens is 2. The monoisotopic (exact) mass is 465 g/mol. The second-order valence-electron chi connectivity index (χ2n) is 8.26. The van der Waals surface area contributed by atoms with Crippen molar-refractivity contribution in [3.63, 3.8) is 0 Å². The van der Waals surface area contributed by atoms with Gasteiger partial charge in [0.25, 0.3) is 5.91 Å². The first-order chi connectivity index (χ1) is 16.9. The zero-order chi connectivity index (χ0) is 24.5. The van der Waals surface area contributed by atoms with Crippen LogP contribution in [0.3, 0.4) is 0 Å². The Labute approximate surface area is 200 Å². The maximum atomic E-state index is 12.2. The number of ether oxygens (including phenoxy) is 1. The number of fused-ring (bicyclic) bond motifs is 2. The minimum atomic E-state index is -0.915. The molecule has 35 heavy (non-hydrogen) atoms. The Morgan fingerprint density at radius 3 is 2.60 bits per heavy atom. The number of nitrogens with zero attached hydrogens (tertiary/aromatic N) is 1. The van der Waals surface area contributed by atoms with Crippen LogP contribution >= 0.6 is 0 Å². The Balaban J connectivity index is 1.40. The maximum Gasteiger partial charge on any atom is 0.258 e. The van der Waals surface area contributed by atoms with Crippen LogP contribution in [0.4, 0.5) is 0 Å². The zero-order valence-corrected chi connectivity index (χ0v) is 18.7. The first-order valence-electron chi connectivity index (χ1n) is 11.0. The molecule has 1 amide bonds. The smallest absolute Gasteiger partial charge is 0.258 e. The number of hydrogen-bond donors (Lipinski definition) is 5. The summed E-state index contributed by atoms with van der Waals surface area (Å²) in [6.45, 7) is 0. The third-order valence-corrected chi connectivity index (χ3v) is 5.90. The summed E-state index contributed by atoms with van der Waals surface area (Å²) in [4.78, 5) is 19.8. The van der Waals surface area contributed by atoms with Crippen LogP contribution in [0.15, 0.2) is 78.9 Å². The predicted octanol–water partition coefficient (Wildman–Crippen LogP) is 3.85. The zero-order valence-electron chi connectivity index (χ0n) is 18.7. The average molecular weight is 466 g/mol. The van der Waals surface area contributed by atoms with Gasteiger partial charge in [0.05, 0.1) is 16.6 Å². The van der Waals surface area contributed by atoms with Crippen molar-refractivity contribution < 1.29 is 14.6 Å². The van der Waals surface area contributed by atoms with E-state index in [0.29, 0.717) is 40.2 Å². The minimum absolute atomic E-state index is 0.0418. The lowest BCUT2D eigenvalue weighted by Crippen LogP contribution is -2.35. The highest BCUT2D eigenvalue weighted by molar-refractivity contribution is 5.98. The van der Waals surface area contributed by atoms with Gasteiger partial charge in [0.15, 0.2) is 6.10 Å². The van der Waals surface area contributed by atoms with E-state index in [-0.39, 0.29) is 11.6 Å².